The molecule has 1 saturated heterocycles. The van der Waals surface area contributed by atoms with Gasteiger partial charge in [-0.1, -0.05) is 51.1 Å². The Morgan fingerprint density at radius 3 is 2.69 bits per heavy atom. The van der Waals surface area contributed by atoms with Crippen molar-refractivity contribution < 1.29 is 9.59 Å². The lowest BCUT2D eigenvalue weighted by atomic mass is 9.76. The summed E-state index contributed by atoms with van der Waals surface area (Å²) in [6.07, 6.45) is 1.83. The number of benzene rings is 2. The van der Waals surface area contributed by atoms with Gasteiger partial charge in [0.05, 0.1) is 17.4 Å². The van der Waals surface area contributed by atoms with Crippen LogP contribution in [0, 0.1) is 12.3 Å². The van der Waals surface area contributed by atoms with Gasteiger partial charge in [-0.2, -0.15) is 0 Å². The summed E-state index contributed by atoms with van der Waals surface area (Å²) in [7, 11) is 2.12. The number of nitrogens with one attached hydrogen (secondary N) is 2. The van der Waals surface area contributed by atoms with E-state index in [1.54, 1.807) is 4.90 Å². The Labute approximate surface area is 208 Å². The number of aryl methyl sites for hydroxylation is 1. The first-order chi connectivity index (χ1) is 16.7. The average molecular weight is 476 g/mol. The lowest BCUT2D eigenvalue weighted by Crippen LogP contribution is -2.50. The molecule has 7 nitrogen and oxygen atoms in total. The van der Waals surface area contributed by atoms with Crippen LogP contribution >= 0.6 is 0 Å². The largest absolute Gasteiger partial charge is 0.321 e. The molecule has 2 atom stereocenters. The maximum atomic E-state index is 13.7. The smallest absolute Gasteiger partial charge is 0.308 e. The van der Waals surface area contributed by atoms with Crippen LogP contribution < -0.4 is 15.5 Å². The van der Waals surface area contributed by atoms with Crippen LogP contribution in [-0.2, 0) is 4.79 Å². The number of fused-ring (bicyclic) bond motifs is 1. The molecule has 0 saturated carbocycles. The molecule has 2 aromatic rings. The van der Waals surface area contributed by atoms with Crippen LogP contribution in [0.25, 0.3) is 0 Å². The summed E-state index contributed by atoms with van der Waals surface area (Å²) < 4.78 is 0. The third-order valence-corrected chi connectivity index (χ3v) is 6.96. The monoisotopic (exact) mass is 475 g/mol. The molecule has 0 bridgehead atoms. The number of rotatable bonds is 5. The van der Waals surface area contributed by atoms with Crippen molar-refractivity contribution in [1.82, 2.24) is 10.2 Å². The number of likely N-dealkylation sites (tertiary alicyclic amines) is 1. The van der Waals surface area contributed by atoms with Gasteiger partial charge in [0, 0.05) is 17.8 Å². The van der Waals surface area contributed by atoms with E-state index in [9.17, 15) is 9.59 Å². The van der Waals surface area contributed by atoms with Crippen LogP contribution in [0.5, 0.6) is 0 Å². The first-order valence-corrected chi connectivity index (χ1v) is 12.5. The Kier molecular flexibility index (Phi) is 7.26. The van der Waals surface area contributed by atoms with E-state index in [4.69, 9.17) is 4.99 Å². The maximum absolute atomic E-state index is 13.7. The summed E-state index contributed by atoms with van der Waals surface area (Å²) in [5.41, 5.74) is 4.57. The van der Waals surface area contributed by atoms with Crippen molar-refractivity contribution in [3.8, 4) is 0 Å². The highest BCUT2D eigenvalue weighted by Gasteiger charge is 2.39. The van der Waals surface area contributed by atoms with E-state index in [2.05, 4.69) is 42.5 Å². The third kappa shape index (κ3) is 5.56. The van der Waals surface area contributed by atoms with Gasteiger partial charge in [-0.15, -0.1) is 0 Å². The van der Waals surface area contributed by atoms with Gasteiger partial charge in [0.15, 0.2) is 0 Å². The number of benzodiazepines with no additional fused rings is 1. The van der Waals surface area contributed by atoms with Gasteiger partial charge in [0.1, 0.15) is 0 Å². The minimum Gasteiger partial charge on any atom is -0.308 e. The number of anilines is 2. The van der Waals surface area contributed by atoms with Gasteiger partial charge in [0.25, 0.3) is 5.91 Å². The van der Waals surface area contributed by atoms with Gasteiger partial charge in [-0.3, -0.25) is 14.7 Å². The Hall–Kier alpha value is -3.19. The van der Waals surface area contributed by atoms with Gasteiger partial charge < -0.3 is 15.5 Å². The van der Waals surface area contributed by atoms with Crippen molar-refractivity contribution in [2.45, 2.75) is 59.2 Å². The van der Waals surface area contributed by atoms with Crippen LogP contribution in [0.2, 0.25) is 0 Å². The second-order valence-corrected chi connectivity index (χ2v) is 10.5. The molecule has 0 aliphatic carbocycles. The summed E-state index contributed by atoms with van der Waals surface area (Å²) in [6, 6.07) is 15.2. The number of nitrogens with zero attached hydrogens (tertiary/aromatic N) is 3. The molecule has 3 amide bonds. The minimum absolute atomic E-state index is 0.0541. The second-order valence-electron chi connectivity index (χ2n) is 10.5. The summed E-state index contributed by atoms with van der Waals surface area (Å²) >= 11 is 0. The zero-order valence-corrected chi connectivity index (χ0v) is 21.5. The van der Waals surface area contributed by atoms with Crippen molar-refractivity contribution in [1.29, 1.82) is 0 Å². The van der Waals surface area contributed by atoms with Crippen LogP contribution in [-0.4, -0.2) is 54.9 Å². The highest BCUT2D eigenvalue weighted by atomic mass is 16.2. The molecule has 1 fully saturated rings. The van der Waals surface area contributed by atoms with Crippen LogP contribution in [0.1, 0.15) is 51.2 Å². The SMILES string of the molecule is CCCN1C(=O)C(NC(=O)Nc2cccc(C)c2)N=C(C2CC(C)(C)CCN2C)c2ccccc21. The second kappa shape index (κ2) is 10.2. The van der Waals surface area contributed by atoms with Gasteiger partial charge in [0.2, 0.25) is 6.17 Å². The molecule has 2 unspecified atom stereocenters. The molecule has 0 spiro atoms. The van der Waals surface area contributed by atoms with E-state index in [1.807, 2.05) is 56.3 Å². The fourth-order valence-electron chi connectivity index (χ4n) is 5.01. The lowest BCUT2D eigenvalue weighted by Gasteiger charge is -2.42. The fraction of sp³-hybridized carbons (Fsp3) is 0.464. The molecule has 0 aromatic heterocycles. The molecule has 2 aliphatic heterocycles. The fourth-order valence-corrected chi connectivity index (χ4v) is 5.01. The van der Waals surface area contributed by atoms with Gasteiger partial charge in [-0.25, -0.2) is 4.79 Å². The number of amides is 3. The van der Waals surface area contributed by atoms with Crippen molar-refractivity contribution in [3.05, 3.63) is 59.7 Å². The number of para-hydroxylation sites is 1. The highest BCUT2D eigenvalue weighted by Crippen LogP contribution is 2.37. The maximum Gasteiger partial charge on any atom is 0.321 e. The van der Waals surface area contributed by atoms with E-state index in [0.29, 0.717) is 12.2 Å². The molecule has 4 rings (SSSR count). The van der Waals surface area contributed by atoms with E-state index >= 15 is 0 Å². The molecule has 2 aromatic carbocycles. The molecule has 186 valence electrons. The molecular weight excluding hydrogens is 438 g/mol. The zero-order valence-electron chi connectivity index (χ0n) is 21.5. The number of carbonyl (C=O) groups is 2. The standard InChI is InChI=1S/C28H37N5O2/c1-6-15-33-22-13-8-7-12-21(22)24(23-18-28(3,4)14-16-32(23)5)30-25(26(33)34)31-27(35)29-20-11-9-10-19(2)17-20/h7-13,17,23,25H,6,14-16,18H2,1-5H3,(H2,29,31,35). The predicted molar refractivity (Wildman–Crippen MR) is 142 cm³/mol. The molecule has 2 heterocycles. The van der Waals surface area contributed by atoms with Crippen molar-refractivity contribution >= 4 is 29.0 Å². The predicted octanol–water partition coefficient (Wildman–Crippen LogP) is 4.81. The molecule has 0 radical (unpaired) electrons. The molecule has 7 heteroatoms. The quantitative estimate of drug-likeness (QED) is 0.652. The van der Waals surface area contributed by atoms with Gasteiger partial charge in [-0.05, 0) is 69.0 Å². The number of likely N-dealkylation sites (N-methyl/N-ethyl adjacent to an activating group) is 1. The van der Waals surface area contributed by atoms with E-state index in [-0.39, 0.29) is 17.4 Å². The summed E-state index contributed by atoms with van der Waals surface area (Å²) in [4.78, 5) is 35.8. The van der Waals surface area contributed by atoms with Crippen molar-refractivity contribution in [3.63, 3.8) is 0 Å². The first-order valence-electron chi connectivity index (χ1n) is 12.5. The van der Waals surface area contributed by atoms with Crippen molar-refractivity contribution in [2.24, 2.45) is 10.4 Å². The Bertz CT molecular complexity index is 1130. The highest BCUT2D eigenvalue weighted by molar-refractivity contribution is 6.15. The zero-order chi connectivity index (χ0) is 25.2. The Balaban J connectivity index is 1.72. The topological polar surface area (TPSA) is 77.0 Å². The molecular formula is C28H37N5O2. The van der Waals surface area contributed by atoms with E-state index in [0.717, 1.165) is 48.3 Å². The minimum atomic E-state index is -1.01. The van der Waals surface area contributed by atoms with Gasteiger partial charge >= 0.3 is 6.03 Å². The summed E-state index contributed by atoms with van der Waals surface area (Å²) in [5, 5.41) is 5.71. The molecule has 2 N–H and O–H groups in total. The first kappa shape index (κ1) is 24.9. The summed E-state index contributed by atoms with van der Waals surface area (Å²) in [6.45, 7) is 10.1. The van der Waals surface area contributed by atoms with Crippen LogP contribution in [0.4, 0.5) is 16.2 Å². The number of hydrogen-bond acceptors (Lipinski definition) is 4. The van der Waals surface area contributed by atoms with Crippen LogP contribution in [0.15, 0.2) is 53.5 Å². The van der Waals surface area contributed by atoms with Crippen LogP contribution in [0.3, 0.4) is 0 Å². The molecule has 2 aliphatic rings. The number of piperidine rings is 1. The Morgan fingerprint density at radius 2 is 1.94 bits per heavy atom. The number of aliphatic imine (C=N–C) groups is 1. The lowest BCUT2D eigenvalue weighted by molar-refractivity contribution is -0.120. The van der Waals surface area contributed by atoms with E-state index in [1.165, 1.54) is 0 Å². The number of hydrogen-bond donors (Lipinski definition) is 2. The number of urea groups is 1. The summed E-state index contributed by atoms with van der Waals surface area (Å²) in [5.74, 6) is -0.216. The average Bonchev–Trinajstić information content (AvgIpc) is 2.91. The Morgan fingerprint density at radius 1 is 1.17 bits per heavy atom. The van der Waals surface area contributed by atoms with Crippen molar-refractivity contribution in [2.75, 3.05) is 30.4 Å². The molecule has 35 heavy (non-hydrogen) atoms. The number of carbonyl (C=O) groups excluding carboxylic acids is 2. The third-order valence-electron chi connectivity index (χ3n) is 6.96. The normalized spacial score (nSPS) is 22.1. The van der Waals surface area contributed by atoms with E-state index < -0.39 is 12.2 Å².